The van der Waals surface area contributed by atoms with Crippen LogP contribution >= 0.6 is 0 Å². The number of ketones is 1. The van der Waals surface area contributed by atoms with Crippen LogP contribution < -0.4 is 14.5 Å². The quantitative estimate of drug-likeness (QED) is 0.220. The summed E-state index contributed by atoms with van der Waals surface area (Å²) in [6.45, 7) is 18.2. The number of carbonyl (C=O) groups excluding carboxylic acids is 4. The Balaban J connectivity index is 0.000000407. The van der Waals surface area contributed by atoms with Gasteiger partial charge in [-0.1, -0.05) is 37.3 Å². The lowest BCUT2D eigenvalue weighted by Gasteiger charge is -2.40. The molecule has 3 atom stereocenters. The number of carbonyl (C=O) groups is 4. The highest BCUT2D eigenvalue weighted by atomic mass is 16.6. The summed E-state index contributed by atoms with van der Waals surface area (Å²) in [5, 5.41) is 0. The lowest BCUT2D eigenvalue weighted by Crippen LogP contribution is -2.53. The van der Waals surface area contributed by atoms with Crippen LogP contribution in [0.1, 0.15) is 99.5 Å². The number of hydrogen-bond donors (Lipinski definition) is 0. The zero-order chi connectivity index (χ0) is 39.3. The Labute approximate surface area is 316 Å². The Hall–Kier alpha value is -3.96. The first-order valence-electron chi connectivity index (χ1n) is 18.8. The minimum absolute atomic E-state index is 0.0248. The number of benzene rings is 2. The molecule has 3 aliphatic rings. The number of ether oxygens (including phenoxy) is 4. The fourth-order valence-corrected chi connectivity index (χ4v) is 6.71. The molecule has 3 unspecified atom stereocenters. The van der Waals surface area contributed by atoms with E-state index in [0.717, 1.165) is 12.8 Å². The number of amides is 3. The molecular formula is C42H61N3O8. The molecule has 11 heteroatoms. The number of Topliss-reactive ketones (excluding diaryl/α,β-unsaturated/α-hetero) is 1. The van der Waals surface area contributed by atoms with Crippen molar-refractivity contribution in [2.75, 3.05) is 50.3 Å². The maximum atomic E-state index is 14.1. The second-order valence-electron chi connectivity index (χ2n) is 16.6. The first-order valence-corrected chi connectivity index (χ1v) is 18.8. The van der Waals surface area contributed by atoms with Crippen molar-refractivity contribution >= 4 is 35.1 Å². The van der Waals surface area contributed by atoms with Crippen molar-refractivity contribution in [3.63, 3.8) is 0 Å². The van der Waals surface area contributed by atoms with E-state index < -0.39 is 29.1 Å². The van der Waals surface area contributed by atoms with E-state index in [4.69, 9.17) is 18.9 Å². The van der Waals surface area contributed by atoms with E-state index in [-0.39, 0.29) is 42.3 Å². The van der Waals surface area contributed by atoms with Gasteiger partial charge in [0.1, 0.15) is 17.1 Å². The molecule has 0 radical (unpaired) electrons. The van der Waals surface area contributed by atoms with Crippen LogP contribution in [0.5, 0.6) is 5.75 Å². The van der Waals surface area contributed by atoms with Gasteiger partial charge in [0.25, 0.3) is 5.91 Å². The van der Waals surface area contributed by atoms with E-state index in [2.05, 4.69) is 45.0 Å². The van der Waals surface area contributed by atoms with Gasteiger partial charge in [-0.15, -0.1) is 0 Å². The van der Waals surface area contributed by atoms with Crippen LogP contribution in [0.15, 0.2) is 48.5 Å². The highest BCUT2D eigenvalue weighted by molar-refractivity contribution is 6.04. The van der Waals surface area contributed by atoms with E-state index >= 15 is 0 Å². The standard InChI is InChI=1S/C30H43N3O7.C12H18O/c1-19(34)20-15-21(18-31(17-20)28(37)40-29(2,3)4)26(35)33(22-9-10-22)23-11-12-25-24(16-23)32(13-8-14-38-7)27(36)30(5,6)39-25;1-10(12(2,3)13-4)11-8-6-5-7-9-11/h11-12,16,20-22H,8-10,13-15,17-18H2,1-7H3;5-10H,1-4H3. The number of piperidine rings is 1. The topological polar surface area (TPSA) is 115 Å². The van der Waals surface area contributed by atoms with E-state index in [9.17, 15) is 19.2 Å². The van der Waals surface area contributed by atoms with E-state index in [0.29, 0.717) is 49.0 Å². The number of methoxy groups -OCH3 is 2. The highest BCUT2D eigenvalue weighted by Crippen LogP contribution is 2.43. The highest BCUT2D eigenvalue weighted by Gasteiger charge is 2.45. The van der Waals surface area contributed by atoms with Crippen LogP contribution in [-0.2, 0) is 28.6 Å². The molecule has 0 N–H and O–H groups in total. The SMILES string of the molecule is COC(C)(C)C(C)c1ccccc1.COCCCN1C(=O)C(C)(C)Oc2ccc(N(C(=O)C3CC(C(C)=O)CN(C(=O)OC(C)(C)C)C3)C3CC3)cc21. The van der Waals surface area contributed by atoms with E-state index in [1.165, 1.54) is 17.4 Å². The van der Waals surface area contributed by atoms with Crippen molar-refractivity contribution in [3.05, 3.63) is 54.1 Å². The minimum atomic E-state index is -1.01. The first kappa shape index (κ1) is 41.8. The molecule has 2 aromatic carbocycles. The number of rotatable bonds is 11. The Morgan fingerprint density at radius 1 is 0.981 bits per heavy atom. The summed E-state index contributed by atoms with van der Waals surface area (Å²) in [7, 11) is 3.39. The number of hydrogen-bond acceptors (Lipinski definition) is 8. The third-order valence-corrected chi connectivity index (χ3v) is 10.4. The molecule has 0 spiro atoms. The van der Waals surface area contributed by atoms with E-state index in [1.807, 2.05) is 24.3 Å². The summed E-state index contributed by atoms with van der Waals surface area (Å²) >= 11 is 0. The van der Waals surface area contributed by atoms with E-state index in [1.54, 1.807) is 58.6 Å². The molecule has 0 aromatic heterocycles. The Bertz CT molecular complexity index is 1600. The first-order chi connectivity index (χ1) is 24.8. The molecular weight excluding hydrogens is 674 g/mol. The third kappa shape index (κ3) is 10.6. The molecule has 2 heterocycles. The predicted molar refractivity (Wildman–Crippen MR) is 207 cm³/mol. The summed E-state index contributed by atoms with van der Waals surface area (Å²) in [4.78, 5) is 57.8. The van der Waals surface area contributed by atoms with Crippen molar-refractivity contribution in [2.45, 2.75) is 117 Å². The average molecular weight is 736 g/mol. The van der Waals surface area contributed by atoms with Gasteiger partial charge in [0, 0.05) is 64.0 Å². The summed E-state index contributed by atoms with van der Waals surface area (Å²) in [5.74, 6) is -0.329. The summed E-state index contributed by atoms with van der Waals surface area (Å²) < 4.78 is 22.3. The third-order valence-electron chi connectivity index (χ3n) is 10.4. The van der Waals surface area contributed by atoms with Gasteiger partial charge in [0.15, 0.2) is 5.60 Å². The fourth-order valence-electron chi connectivity index (χ4n) is 6.71. The smallest absolute Gasteiger partial charge is 0.410 e. The van der Waals surface area contributed by atoms with Crippen LogP contribution in [0.4, 0.5) is 16.2 Å². The van der Waals surface area contributed by atoms with Gasteiger partial charge in [0.2, 0.25) is 5.91 Å². The van der Waals surface area contributed by atoms with Crippen LogP contribution in [0, 0.1) is 11.8 Å². The van der Waals surface area contributed by atoms with Crippen LogP contribution in [-0.4, -0.2) is 91.9 Å². The number of fused-ring (bicyclic) bond motifs is 1. The molecule has 0 bridgehead atoms. The summed E-state index contributed by atoms with van der Waals surface area (Å²) in [5.41, 5.74) is 0.829. The second-order valence-corrected chi connectivity index (χ2v) is 16.6. The number of likely N-dealkylation sites (tertiary alicyclic amines) is 1. The number of nitrogens with zero attached hydrogens (tertiary/aromatic N) is 3. The van der Waals surface area contributed by atoms with Gasteiger partial charge >= 0.3 is 6.09 Å². The van der Waals surface area contributed by atoms with Gasteiger partial charge < -0.3 is 33.6 Å². The number of anilines is 2. The zero-order valence-electron chi connectivity index (χ0n) is 33.7. The van der Waals surface area contributed by atoms with Crippen molar-refractivity contribution in [1.82, 2.24) is 4.90 Å². The van der Waals surface area contributed by atoms with Crippen molar-refractivity contribution in [2.24, 2.45) is 11.8 Å². The predicted octanol–water partition coefficient (Wildman–Crippen LogP) is 7.40. The van der Waals surface area contributed by atoms with Gasteiger partial charge in [0.05, 0.1) is 17.2 Å². The van der Waals surface area contributed by atoms with Crippen LogP contribution in [0.2, 0.25) is 0 Å². The van der Waals surface area contributed by atoms with Gasteiger partial charge in [-0.05, 0) is 105 Å². The Kier molecular flexibility index (Phi) is 13.4. The average Bonchev–Trinajstić information content (AvgIpc) is 3.94. The molecule has 292 valence electrons. The molecule has 1 aliphatic carbocycles. The molecule has 1 saturated carbocycles. The maximum Gasteiger partial charge on any atom is 0.410 e. The normalized spacial score (nSPS) is 20.3. The second kappa shape index (κ2) is 17.0. The van der Waals surface area contributed by atoms with Crippen molar-refractivity contribution in [3.8, 4) is 5.75 Å². The lowest BCUT2D eigenvalue weighted by molar-refractivity contribution is -0.132. The monoisotopic (exact) mass is 735 g/mol. The molecule has 11 nitrogen and oxygen atoms in total. The summed E-state index contributed by atoms with van der Waals surface area (Å²) in [6.07, 6.45) is 2.24. The minimum Gasteiger partial charge on any atom is -0.476 e. The van der Waals surface area contributed by atoms with Crippen molar-refractivity contribution < 1.29 is 38.1 Å². The molecule has 1 saturated heterocycles. The van der Waals surface area contributed by atoms with Gasteiger partial charge in [-0.2, -0.15) is 0 Å². The Morgan fingerprint density at radius 3 is 2.19 bits per heavy atom. The van der Waals surface area contributed by atoms with Crippen LogP contribution in [0.3, 0.4) is 0 Å². The largest absolute Gasteiger partial charge is 0.476 e. The Morgan fingerprint density at radius 2 is 1.62 bits per heavy atom. The van der Waals surface area contributed by atoms with Gasteiger partial charge in [-0.25, -0.2) is 4.79 Å². The van der Waals surface area contributed by atoms with Gasteiger partial charge in [-0.3, -0.25) is 14.4 Å². The van der Waals surface area contributed by atoms with Crippen molar-refractivity contribution in [1.29, 1.82) is 0 Å². The fraction of sp³-hybridized carbons (Fsp3) is 0.619. The lowest BCUT2D eigenvalue weighted by atomic mass is 9.86. The molecule has 5 rings (SSSR count). The maximum absolute atomic E-state index is 14.1. The molecule has 53 heavy (non-hydrogen) atoms. The molecule has 2 aliphatic heterocycles. The molecule has 3 amide bonds. The molecule has 2 fully saturated rings. The van der Waals surface area contributed by atoms with Crippen LogP contribution in [0.25, 0.3) is 0 Å². The zero-order valence-corrected chi connectivity index (χ0v) is 33.7. The molecule has 2 aromatic rings. The summed E-state index contributed by atoms with van der Waals surface area (Å²) in [6, 6.07) is 16.0.